The molecule has 1 saturated heterocycles. The number of hydrogen-bond donors (Lipinski definition) is 0. The summed E-state index contributed by atoms with van der Waals surface area (Å²) in [5.41, 5.74) is 0.0521. The van der Waals surface area contributed by atoms with Crippen LogP contribution in [0, 0.1) is 0 Å². The van der Waals surface area contributed by atoms with E-state index in [1.165, 1.54) is 0 Å². The monoisotopic (exact) mass is 151 g/mol. The second-order valence-electron chi connectivity index (χ2n) is 3.72. The first-order chi connectivity index (χ1) is 5.13. The molecule has 11 heavy (non-hydrogen) atoms. The molecule has 0 saturated carbocycles. The van der Waals surface area contributed by atoms with Crippen LogP contribution in [-0.2, 0) is 4.79 Å². The van der Waals surface area contributed by atoms with Crippen molar-refractivity contribution in [2.45, 2.75) is 38.3 Å². The second kappa shape index (κ2) is 1.87. The molecule has 0 bridgehead atoms. The number of carbonyl (C=O) groups is 1. The lowest BCUT2D eigenvalue weighted by Crippen LogP contribution is -2.41. The van der Waals surface area contributed by atoms with E-state index in [9.17, 15) is 4.79 Å². The molecule has 2 heterocycles. The summed E-state index contributed by atoms with van der Waals surface area (Å²) in [5.74, 6) is 0.310. The van der Waals surface area contributed by atoms with Gasteiger partial charge in [-0.25, -0.2) is 0 Å². The van der Waals surface area contributed by atoms with Crippen molar-refractivity contribution in [3.63, 3.8) is 0 Å². The van der Waals surface area contributed by atoms with Crippen LogP contribution in [0.25, 0.3) is 0 Å². The standard InChI is InChI=1S/C9H13NO/c1-7-3-5-9(2)6-4-8(11)10(7)9/h3,5,7H,4,6H2,1-2H3/t7-,9+/m0/s1. The molecule has 0 aromatic rings. The Balaban J connectivity index is 2.36. The number of fused-ring (bicyclic) bond motifs is 1. The Morgan fingerprint density at radius 3 is 3.09 bits per heavy atom. The zero-order chi connectivity index (χ0) is 8.06. The molecule has 0 N–H and O–H groups in total. The lowest BCUT2D eigenvalue weighted by atomic mass is 10.0. The minimum Gasteiger partial charge on any atom is -0.328 e. The predicted octanol–water partition coefficient (Wildman–Crippen LogP) is 1.33. The first-order valence-electron chi connectivity index (χ1n) is 4.15. The maximum absolute atomic E-state index is 11.4. The van der Waals surface area contributed by atoms with Crippen LogP contribution in [0.5, 0.6) is 0 Å². The summed E-state index contributed by atoms with van der Waals surface area (Å²) >= 11 is 0. The highest BCUT2D eigenvalue weighted by molar-refractivity contribution is 5.81. The summed E-state index contributed by atoms with van der Waals surface area (Å²) in [6, 6.07) is 0.315. The Kier molecular flexibility index (Phi) is 1.17. The summed E-state index contributed by atoms with van der Waals surface area (Å²) in [5, 5.41) is 0. The van der Waals surface area contributed by atoms with Crippen LogP contribution in [0.4, 0.5) is 0 Å². The van der Waals surface area contributed by atoms with Crippen molar-refractivity contribution in [1.29, 1.82) is 0 Å². The third-order valence-electron chi connectivity index (χ3n) is 2.81. The van der Waals surface area contributed by atoms with Gasteiger partial charge in [0.2, 0.25) is 5.91 Å². The fraction of sp³-hybridized carbons (Fsp3) is 0.667. The van der Waals surface area contributed by atoms with E-state index < -0.39 is 0 Å². The number of rotatable bonds is 0. The van der Waals surface area contributed by atoms with Crippen molar-refractivity contribution < 1.29 is 4.79 Å². The smallest absolute Gasteiger partial charge is 0.223 e. The first-order valence-corrected chi connectivity index (χ1v) is 4.15. The van der Waals surface area contributed by atoms with Crippen molar-refractivity contribution in [1.82, 2.24) is 4.90 Å². The highest BCUT2D eigenvalue weighted by Gasteiger charge is 2.44. The van der Waals surface area contributed by atoms with Gasteiger partial charge in [0.1, 0.15) is 0 Å². The van der Waals surface area contributed by atoms with Crippen LogP contribution in [0.1, 0.15) is 26.7 Å². The van der Waals surface area contributed by atoms with Gasteiger partial charge in [-0.1, -0.05) is 12.2 Å². The summed E-state index contributed by atoms with van der Waals surface area (Å²) in [4.78, 5) is 13.4. The van der Waals surface area contributed by atoms with Crippen LogP contribution in [0.2, 0.25) is 0 Å². The van der Waals surface area contributed by atoms with E-state index in [0.29, 0.717) is 11.9 Å². The molecule has 0 radical (unpaired) electrons. The zero-order valence-corrected chi connectivity index (χ0v) is 7.00. The third-order valence-corrected chi connectivity index (χ3v) is 2.81. The van der Waals surface area contributed by atoms with Crippen molar-refractivity contribution in [2.24, 2.45) is 0 Å². The minimum atomic E-state index is 0.0521. The maximum Gasteiger partial charge on any atom is 0.223 e. The maximum atomic E-state index is 11.4. The summed E-state index contributed by atoms with van der Waals surface area (Å²) < 4.78 is 0. The minimum absolute atomic E-state index is 0.0521. The van der Waals surface area contributed by atoms with Crippen LogP contribution in [0.15, 0.2) is 12.2 Å². The largest absolute Gasteiger partial charge is 0.328 e. The highest BCUT2D eigenvalue weighted by atomic mass is 16.2. The molecule has 2 nitrogen and oxygen atoms in total. The van der Waals surface area contributed by atoms with E-state index in [4.69, 9.17) is 0 Å². The van der Waals surface area contributed by atoms with E-state index in [2.05, 4.69) is 26.0 Å². The van der Waals surface area contributed by atoms with Crippen molar-refractivity contribution >= 4 is 5.91 Å². The average Bonchev–Trinajstić information content (AvgIpc) is 2.38. The number of amides is 1. The highest BCUT2D eigenvalue weighted by Crippen LogP contribution is 2.37. The van der Waals surface area contributed by atoms with Gasteiger partial charge in [0.25, 0.3) is 0 Å². The molecule has 0 aliphatic carbocycles. The SMILES string of the molecule is C[C@H]1C=C[C@]2(C)CCC(=O)N12. The number of hydrogen-bond acceptors (Lipinski definition) is 1. The molecule has 2 rings (SSSR count). The van der Waals surface area contributed by atoms with Gasteiger partial charge in [-0.2, -0.15) is 0 Å². The lowest BCUT2D eigenvalue weighted by Gasteiger charge is -2.30. The van der Waals surface area contributed by atoms with Gasteiger partial charge < -0.3 is 4.90 Å². The number of nitrogens with zero attached hydrogens (tertiary/aromatic N) is 1. The van der Waals surface area contributed by atoms with Gasteiger partial charge in [0, 0.05) is 12.5 Å². The molecular weight excluding hydrogens is 138 g/mol. The van der Waals surface area contributed by atoms with Gasteiger partial charge in [-0.05, 0) is 20.3 Å². The fourth-order valence-electron chi connectivity index (χ4n) is 2.17. The van der Waals surface area contributed by atoms with E-state index in [1.807, 2.05) is 4.90 Å². The van der Waals surface area contributed by atoms with Gasteiger partial charge in [0.15, 0.2) is 0 Å². The normalized spacial score (nSPS) is 41.8. The molecule has 0 unspecified atom stereocenters. The van der Waals surface area contributed by atoms with Crippen LogP contribution < -0.4 is 0 Å². The molecule has 2 aliphatic heterocycles. The molecule has 60 valence electrons. The average molecular weight is 151 g/mol. The molecule has 0 spiro atoms. The van der Waals surface area contributed by atoms with E-state index in [-0.39, 0.29) is 5.54 Å². The fourth-order valence-corrected chi connectivity index (χ4v) is 2.17. The van der Waals surface area contributed by atoms with Crippen molar-refractivity contribution in [3.05, 3.63) is 12.2 Å². The Bertz CT molecular complexity index is 234. The lowest BCUT2D eigenvalue weighted by molar-refractivity contribution is -0.130. The van der Waals surface area contributed by atoms with Crippen molar-refractivity contribution in [3.8, 4) is 0 Å². The van der Waals surface area contributed by atoms with Gasteiger partial charge in [-0.15, -0.1) is 0 Å². The molecule has 0 aromatic heterocycles. The first kappa shape index (κ1) is 6.89. The summed E-state index contributed by atoms with van der Waals surface area (Å²) in [6.45, 7) is 4.21. The van der Waals surface area contributed by atoms with E-state index in [0.717, 1.165) is 12.8 Å². The zero-order valence-electron chi connectivity index (χ0n) is 7.00. The third kappa shape index (κ3) is 0.753. The van der Waals surface area contributed by atoms with Gasteiger partial charge in [-0.3, -0.25) is 4.79 Å². The topological polar surface area (TPSA) is 20.3 Å². The number of carbonyl (C=O) groups excluding carboxylic acids is 1. The molecule has 2 atom stereocenters. The summed E-state index contributed by atoms with van der Waals surface area (Å²) in [6.07, 6.45) is 6.01. The quantitative estimate of drug-likeness (QED) is 0.478. The molecule has 2 aliphatic rings. The van der Waals surface area contributed by atoms with Crippen LogP contribution in [-0.4, -0.2) is 22.4 Å². The van der Waals surface area contributed by atoms with E-state index in [1.54, 1.807) is 0 Å². The Morgan fingerprint density at radius 2 is 2.45 bits per heavy atom. The van der Waals surface area contributed by atoms with Crippen LogP contribution >= 0.6 is 0 Å². The Morgan fingerprint density at radius 1 is 1.73 bits per heavy atom. The van der Waals surface area contributed by atoms with Crippen LogP contribution in [0.3, 0.4) is 0 Å². The Labute approximate surface area is 66.9 Å². The summed E-state index contributed by atoms with van der Waals surface area (Å²) in [7, 11) is 0. The predicted molar refractivity (Wildman–Crippen MR) is 43.1 cm³/mol. The molecule has 1 amide bonds. The molecule has 0 aromatic carbocycles. The Hall–Kier alpha value is -0.790. The molecule has 2 heteroatoms. The molecule has 1 fully saturated rings. The van der Waals surface area contributed by atoms with Gasteiger partial charge >= 0.3 is 0 Å². The van der Waals surface area contributed by atoms with Crippen molar-refractivity contribution in [2.75, 3.05) is 0 Å². The van der Waals surface area contributed by atoms with E-state index >= 15 is 0 Å². The van der Waals surface area contributed by atoms with Gasteiger partial charge in [0.05, 0.1) is 5.54 Å². The second-order valence-corrected chi connectivity index (χ2v) is 3.72. The molecular formula is C9H13NO.